The van der Waals surface area contributed by atoms with Crippen molar-refractivity contribution >= 4 is 5.91 Å². The Hall–Kier alpha value is -2.88. The lowest BCUT2D eigenvalue weighted by molar-refractivity contribution is 0.0949. The highest BCUT2D eigenvalue weighted by Crippen LogP contribution is 2.26. The predicted octanol–water partition coefficient (Wildman–Crippen LogP) is 3.93. The van der Waals surface area contributed by atoms with Gasteiger partial charge in [0.1, 0.15) is 0 Å². The molecular formula is C20H21N3O. The van der Waals surface area contributed by atoms with Crippen LogP contribution in [0.4, 0.5) is 0 Å². The molecule has 0 aliphatic carbocycles. The van der Waals surface area contributed by atoms with Crippen molar-refractivity contribution in [2.24, 2.45) is 5.92 Å². The Kier molecular flexibility index (Phi) is 4.75. The Morgan fingerprint density at radius 3 is 2.29 bits per heavy atom. The van der Waals surface area contributed by atoms with E-state index in [2.05, 4.69) is 24.3 Å². The summed E-state index contributed by atoms with van der Waals surface area (Å²) >= 11 is 0. The van der Waals surface area contributed by atoms with Gasteiger partial charge in [-0.25, -0.2) is 4.68 Å². The van der Waals surface area contributed by atoms with Crippen molar-refractivity contribution in [1.29, 1.82) is 0 Å². The Balaban J connectivity index is 2.07. The standard InChI is InChI=1S/C20H21N3O/c1-15(2)13-21-20(24)18-14-22-23(17-11-7-4-8-12-17)19(18)16-9-5-3-6-10-16/h3-12,14-15H,13H2,1-2H3,(H,21,24). The third-order valence-corrected chi connectivity index (χ3v) is 3.73. The van der Waals surface area contributed by atoms with E-state index in [0.29, 0.717) is 18.0 Å². The van der Waals surface area contributed by atoms with Gasteiger partial charge in [0, 0.05) is 12.1 Å². The second kappa shape index (κ2) is 7.13. The highest BCUT2D eigenvalue weighted by molar-refractivity contribution is 6.00. The number of carbonyl (C=O) groups excluding carboxylic acids is 1. The van der Waals surface area contributed by atoms with Gasteiger partial charge in [-0.1, -0.05) is 62.4 Å². The fraction of sp³-hybridized carbons (Fsp3) is 0.200. The van der Waals surface area contributed by atoms with E-state index in [4.69, 9.17) is 0 Å². The molecule has 4 heteroatoms. The predicted molar refractivity (Wildman–Crippen MR) is 96.2 cm³/mol. The van der Waals surface area contributed by atoms with Crippen LogP contribution in [-0.4, -0.2) is 22.2 Å². The Labute approximate surface area is 142 Å². The molecule has 4 nitrogen and oxygen atoms in total. The molecule has 0 atom stereocenters. The highest BCUT2D eigenvalue weighted by atomic mass is 16.1. The van der Waals surface area contributed by atoms with Crippen molar-refractivity contribution < 1.29 is 4.79 Å². The van der Waals surface area contributed by atoms with Crippen molar-refractivity contribution in [3.05, 3.63) is 72.4 Å². The van der Waals surface area contributed by atoms with E-state index in [0.717, 1.165) is 16.9 Å². The number of aromatic nitrogens is 2. The topological polar surface area (TPSA) is 46.9 Å². The zero-order chi connectivity index (χ0) is 16.9. The van der Waals surface area contributed by atoms with E-state index < -0.39 is 0 Å². The number of para-hydroxylation sites is 1. The molecule has 1 heterocycles. The lowest BCUT2D eigenvalue weighted by atomic mass is 10.1. The molecule has 0 aliphatic heterocycles. The molecule has 24 heavy (non-hydrogen) atoms. The fourth-order valence-corrected chi connectivity index (χ4v) is 2.55. The minimum atomic E-state index is -0.0928. The first-order valence-electron chi connectivity index (χ1n) is 8.14. The Bertz CT molecular complexity index is 807. The quantitative estimate of drug-likeness (QED) is 0.774. The van der Waals surface area contributed by atoms with Gasteiger partial charge in [0.15, 0.2) is 0 Å². The molecule has 0 spiro atoms. The van der Waals surface area contributed by atoms with Crippen LogP contribution in [0.5, 0.6) is 0 Å². The van der Waals surface area contributed by atoms with Crippen LogP contribution < -0.4 is 5.32 Å². The number of amides is 1. The number of rotatable bonds is 5. The van der Waals surface area contributed by atoms with Gasteiger partial charge in [0.25, 0.3) is 5.91 Å². The number of hydrogen-bond acceptors (Lipinski definition) is 2. The maximum atomic E-state index is 12.6. The average molecular weight is 319 g/mol. The van der Waals surface area contributed by atoms with E-state index >= 15 is 0 Å². The third-order valence-electron chi connectivity index (χ3n) is 3.73. The van der Waals surface area contributed by atoms with Crippen LogP contribution in [-0.2, 0) is 0 Å². The van der Waals surface area contributed by atoms with Crippen LogP contribution in [0.2, 0.25) is 0 Å². The summed E-state index contributed by atoms with van der Waals surface area (Å²) in [5.74, 6) is 0.308. The number of benzene rings is 2. The van der Waals surface area contributed by atoms with Gasteiger partial charge in [-0.3, -0.25) is 4.79 Å². The molecule has 0 saturated carbocycles. The minimum absolute atomic E-state index is 0.0928. The maximum Gasteiger partial charge on any atom is 0.255 e. The molecule has 0 unspecified atom stereocenters. The third kappa shape index (κ3) is 3.38. The van der Waals surface area contributed by atoms with Crippen molar-refractivity contribution in [1.82, 2.24) is 15.1 Å². The van der Waals surface area contributed by atoms with Crippen molar-refractivity contribution in [3.8, 4) is 16.9 Å². The summed E-state index contributed by atoms with van der Waals surface area (Å²) < 4.78 is 1.82. The molecule has 0 aliphatic rings. The van der Waals surface area contributed by atoms with Crippen LogP contribution >= 0.6 is 0 Å². The summed E-state index contributed by atoms with van der Waals surface area (Å²) in [6.45, 7) is 4.79. The van der Waals surface area contributed by atoms with Crippen LogP contribution in [0, 0.1) is 5.92 Å². The van der Waals surface area contributed by atoms with Crippen LogP contribution in [0.3, 0.4) is 0 Å². The smallest absolute Gasteiger partial charge is 0.255 e. The highest BCUT2D eigenvalue weighted by Gasteiger charge is 2.19. The summed E-state index contributed by atoms with van der Waals surface area (Å²) in [5.41, 5.74) is 3.29. The van der Waals surface area contributed by atoms with Crippen LogP contribution in [0.25, 0.3) is 16.9 Å². The molecule has 2 aromatic carbocycles. The number of carbonyl (C=O) groups is 1. The lowest BCUT2D eigenvalue weighted by Crippen LogP contribution is -2.27. The molecule has 0 bridgehead atoms. The zero-order valence-corrected chi connectivity index (χ0v) is 13.9. The van der Waals surface area contributed by atoms with Crippen LogP contribution in [0.15, 0.2) is 66.9 Å². The fourth-order valence-electron chi connectivity index (χ4n) is 2.55. The van der Waals surface area contributed by atoms with Crippen molar-refractivity contribution in [3.63, 3.8) is 0 Å². The van der Waals surface area contributed by atoms with E-state index in [1.807, 2.05) is 65.3 Å². The molecule has 122 valence electrons. The summed E-state index contributed by atoms with van der Waals surface area (Å²) in [4.78, 5) is 12.6. The van der Waals surface area contributed by atoms with E-state index in [9.17, 15) is 4.79 Å². The molecule has 0 radical (unpaired) electrons. The summed E-state index contributed by atoms with van der Waals surface area (Å²) in [5, 5.41) is 7.45. The molecular weight excluding hydrogens is 298 g/mol. The summed E-state index contributed by atoms with van der Waals surface area (Å²) in [6.07, 6.45) is 1.64. The van der Waals surface area contributed by atoms with Gasteiger partial charge < -0.3 is 5.32 Å². The van der Waals surface area contributed by atoms with E-state index in [1.165, 1.54) is 0 Å². The monoisotopic (exact) mass is 319 g/mol. The first-order chi connectivity index (χ1) is 11.7. The molecule has 1 amide bonds. The Morgan fingerprint density at radius 1 is 1.04 bits per heavy atom. The lowest BCUT2D eigenvalue weighted by Gasteiger charge is -2.11. The van der Waals surface area contributed by atoms with Gasteiger partial charge >= 0.3 is 0 Å². The molecule has 0 fully saturated rings. The molecule has 1 N–H and O–H groups in total. The molecule has 3 aromatic rings. The average Bonchev–Trinajstić information content (AvgIpc) is 3.06. The van der Waals surface area contributed by atoms with Gasteiger partial charge in [-0.05, 0) is 18.1 Å². The second-order valence-electron chi connectivity index (χ2n) is 6.12. The van der Waals surface area contributed by atoms with Gasteiger partial charge in [-0.15, -0.1) is 0 Å². The van der Waals surface area contributed by atoms with Gasteiger partial charge in [0.2, 0.25) is 0 Å². The van der Waals surface area contributed by atoms with Crippen molar-refractivity contribution in [2.45, 2.75) is 13.8 Å². The number of nitrogens with one attached hydrogen (secondary N) is 1. The van der Waals surface area contributed by atoms with Crippen molar-refractivity contribution in [2.75, 3.05) is 6.54 Å². The van der Waals surface area contributed by atoms with E-state index in [1.54, 1.807) is 6.20 Å². The van der Waals surface area contributed by atoms with Gasteiger partial charge in [0.05, 0.1) is 23.1 Å². The largest absolute Gasteiger partial charge is 0.352 e. The van der Waals surface area contributed by atoms with Crippen LogP contribution in [0.1, 0.15) is 24.2 Å². The normalized spacial score (nSPS) is 10.8. The minimum Gasteiger partial charge on any atom is -0.352 e. The Morgan fingerprint density at radius 2 is 1.67 bits per heavy atom. The second-order valence-corrected chi connectivity index (χ2v) is 6.12. The number of hydrogen-bond donors (Lipinski definition) is 1. The van der Waals surface area contributed by atoms with Gasteiger partial charge in [-0.2, -0.15) is 5.10 Å². The molecule has 1 aromatic heterocycles. The zero-order valence-electron chi connectivity index (χ0n) is 13.9. The number of nitrogens with zero attached hydrogens (tertiary/aromatic N) is 2. The first kappa shape index (κ1) is 16.0. The van der Waals surface area contributed by atoms with E-state index in [-0.39, 0.29) is 5.91 Å². The maximum absolute atomic E-state index is 12.6. The summed E-state index contributed by atoms with van der Waals surface area (Å²) in [7, 11) is 0. The SMILES string of the molecule is CC(C)CNC(=O)c1cnn(-c2ccccc2)c1-c1ccccc1. The first-order valence-corrected chi connectivity index (χ1v) is 8.14. The molecule has 3 rings (SSSR count). The molecule has 0 saturated heterocycles. The summed E-state index contributed by atoms with van der Waals surface area (Å²) in [6, 6.07) is 19.7.